The maximum absolute atomic E-state index is 12.2. The summed E-state index contributed by atoms with van der Waals surface area (Å²) in [7, 11) is 0. The van der Waals surface area contributed by atoms with E-state index in [1.165, 1.54) is 38.8 Å². The Hall–Kier alpha value is -3.56. The highest BCUT2D eigenvalue weighted by atomic mass is 35.5. The molecule has 2 aromatic heterocycles. The molecule has 4 heterocycles. The zero-order chi connectivity index (χ0) is 30.8. The van der Waals surface area contributed by atoms with E-state index in [-0.39, 0.29) is 41.0 Å². The third kappa shape index (κ3) is 8.33. The standard InChI is InChI=1S/C17H19N3O.C10H5ClN2O.C7H15N.ClH/c1-2-12-4-7-20(8-5-12)17-14-3-6-19-11-13(14)9-16(21)15(17)10-18;11-10-7-1-2-13-5-6(7)3-9(14)8(10)4-12;1-2-7-3-5-8-6-4-7;/h3,6,11-12H,2,4-5,7-9H2,1H3;1-2,5H,3H2;7-8H,2-6H2,1H3;1H. The lowest BCUT2D eigenvalue weighted by Gasteiger charge is -2.37. The number of rotatable bonds is 3. The molecule has 4 aliphatic rings. The van der Waals surface area contributed by atoms with Crippen LogP contribution < -0.4 is 5.32 Å². The topological polar surface area (TPSA) is 123 Å². The third-order valence-electron chi connectivity index (χ3n) is 8.78. The van der Waals surface area contributed by atoms with Gasteiger partial charge in [-0.25, -0.2) is 0 Å². The van der Waals surface area contributed by atoms with Gasteiger partial charge in [0.15, 0.2) is 11.6 Å². The number of allylic oxidation sites excluding steroid dienone is 2. The summed E-state index contributed by atoms with van der Waals surface area (Å²) in [5.41, 5.74) is 4.67. The van der Waals surface area contributed by atoms with Crippen LogP contribution in [0.1, 0.15) is 74.6 Å². The Bertz CT molecular complexity index is 1480. The van der Waals surface area contributed by atoms with Gasteiger partial charge in [0.25, 0.3) is 0 Å². The van der Waals surface area contributed by atoms with Crippen molar-refractivity contribution >= 4 is 46.3 Å². The van der Waals surface area contributed by atoms with Gasteiger partial charge < -0.3 is 10.2 Å². The van der Waals surface area contributed by atoms with Gasteiger partial charge in [0, 0.05) is 61.8 Å². The van der Waals surface area contributed by atoms with Crippen LogP contribution in [0.25, 0.3) is 10.7 Å². The molecule has 0 unspecified atom stereocenters. The maximum atomic E-state index is 12.2. The number of fused-ring (bicyclic) bond motifs is 2. The number of pyridine rings is 2. The van der Waals surface area contributed by atoms with Gasteiger partial charge in [-0.1, -0.05) is 38.3 Å². The number of Topliss-reactive ketones (excluding diaryl/α,β-unsaturated/α-hetero) is 2. The van der Waals surface area contributed by atoms with Crippen LogP contribution >= 0.6 is 24.0 Å². The van der Waals surface area contributed by atoms with Crippen LogP contribution in [-0.4, -0.2) is 52.6 Å². The van der Waals surface area contributed by atoms with Crippen molar-refractivity contribution in [1.82, 2.24) is 20.2 Å². The maximum Gasteiger partial charge on any atom is 0.179 e. The molecule has 2 saturated heterocycles. The summed E-state index contributed by atoms with van der Waals surface area (Å²) in [5.74, 6) is 1.48. The Morgan fingerprint density at radius 1 is 0.841 bits per heavy atom. The molecule has 0 aromatic carbocycles. The molecule has 0 bridgehead atoms. The first kappa shape index (κ1) is 34.9. The molecule has 44 heavy (non-hydrogen) atoms. The minimum atomic E-state index is -0.238. The average molecular weight is 636 g/mol. The van der Waals surface area contributed by atoms with E-state index < -0.39 is 0 Å². The molecule has 0 spiro atoms. The average Bonchev–Trinajstić information content (AvgIpc) is 3.05. The summed E-state index contributed by atoms with van der Waals surface area (Å²) in [6.07, 6.45) is 14.8. The van der Waals surface area contributed by atoms with Gasteiger partial charge in [-0.3, -0.25) is 19.6 Å². The zero-order valence-electron chi connectivity index (χ0n) is 25.4. The fourth-order valence-corrected chi connectivity index (χ4v) is 6.37. The highest BCUT2D eigenvalue weighted by Gasteiger charge is 2.31. The molecule has 0 saturated carbocycles. The lowest BCUT2D eigenvalue weighted by atomic mass is 9.87. The van der Waals surface area contributed by atoms with E-state index in [2.05, 4.69) is 40.1 Å². The number of carbonyl (C=O) groups is 2. The van der Waals surface area contributed by atoms with Crippen molar-refractivity contribution in [2.45, 2.75) is 65.2 Å². The highest BCUT2D eigenvalue weighted by Crippen LogP contribution is 2.35. The van der Waals surface area contributed by atoms with E-state index in [0.29, 0.717) is 12.0 Å². The summed E-state index contributed by atoms with van der Waals surface area (Å²) in [5, 5.41) is 21.7. The third-order valence-corrected chi connectivity index (χ3v) is 9.18. The molecule has 0 radical (unpaired) electrons. The second-order valence-corrected chi connectivity index (χ2v) is 11.7. The van der Waals surface area contributed by atoms with Gasteiger partial charge in [0.05, 0.1) is 10.7 Å². The van der Waals surface area contributed by atoms with E-state index in [1.54, 1.807) is 30.9 Å². The fraction of sp³-hybridized carbons (Fsp3) is 0.471. The second kappa shape index (κ2) is 17.1. The van der Waals surface area contributed by atoms with Gasteiger partial charge in [-0.05, 0) is 73.9 Å². The van der Waals surface area contributed by atoms with Crippen molar-refractivity contribution in [3.8, 4) is 12.1 Å². The molecule has 2 fully saturated rings. The van der Waals surface area contributed by atoms with E-state index in [9.17, 15) is 14.9 Å². The Labute approximate surface area is 271 Å². The number of halogens is 2. The lowest BCUT2D eigenvalue weighted by Crippen LogP contribution is -2.35. The zero-order valence-corrected chi connectivity index (χ0v) is 27.0. The van der Waals surface area contributed by atoms with Crippen LogP contribution in [-0.2, 0) is 22.4 Å². The van der Waals surface area contributed by atoms with Crippen molar-refractivity contribution in [2.24, 2.45) is 11.8 Å². The molecule has 2 aromatic rings. The number of likely N-dealkylation sites (tertiary alicyclic amines) is 1. The van der Waals surface area contributed by atoms with Crippen LogP contribution in [0, 0.1) is 34.5 Å². The van der Waals surface area contributed by atoms with Crippen LogP contribution in [0.3, 0.4) is 0 Å². The number of piperidine rings is 2. The molecule has 0 atom stereocenters. The number of nitrogens with one attached hydrogen (secondary N) is 1. The molecule has 0 amide bonds. The van der Waals surface area contributed by atoms with Gasteiger partial charge in [0.2, 0.25) is 0 Å². The SMILES string of the molecule is CCC1CCN(C2=C(C#N)C(=O)Cc3cnccc32)CC1.CCC1CCNCC1.Cl.N#CC1=C(Cl)c2ccncc2CC1=O. The first-order valence-electron chi connectivity index (χ1n) is 15.2. The Morgan fingerprint density at radius 2 is 1.34 bits per heavy atom. The van der Waals surface area contributed by atoms with Crippen LogP contribution in [0.15, 0.2) is 48.1 Å². The summed E-state index contributed by atoms with van der Waals surface area (Å²) < 4.78 is 0. The van der Waals surface area contributed by atoms with E-state index in [1.807, 2.05) is 12.1 Å². The van der Waals surface area contributed by atoms with Gasteiger partial charge >= 0.3 is 0 Å². The summed E-state index contributed by atoms with van der Waals surface area (Å²) in [4.78, 5) is 33.9. The normalized spacial score (nSPS) is 18.3. The molecular weight excluding hydrogens is 595 g/mol. The molecule has 2 aliphatic heterocycles. The monoisotopic (exact) mass is 634 g/mol. The predicted octanol–water partition coefficient (Wildman–Crippen LogP) is 6.06. The number of ketones is 2. The van der Waals surface area contributed by atoms with E-state index in [0.717, 1.165) is 65.7 Å². The van der Waals surface area contributed by atoms with Crippen molar-refractivity contribution in [1.29, 1.82) is 10.5 Å². The largest absolute Gasteiger partial charge is 0.370 e. The van der Waals surface area contributed by atoms with Gasteiger partial charge in [-0.15, -0.1) is 12.4 Å². The summed E-state index contributed by atoms with van der Waals surface area (Å²) in [6.45, 7) is 8.86. The quantitative estimate of drug-likeness (QED) is 0.432. The smallest absolute Gasteiger partial charge is 0.179 e. The molecule has 8 nitrogen and oxygen atoms in total. The van der Waals surface area contributed by atoms with E-state index in [4.69, 9.17) is 16.9 Å². The number of nitrogens with zero attached hydrogens (tertiary/aromatic N) is 5. The minimum Gasteiger partial charge on any atom is -0.370 e. The Balaban J connectivity index is 0.000000198. The first-order chi connectivity index (χ1) is 20.9. The van der Waals surface area contributed by atoms with Gasteiger partial charge in [0.1, 0.15) is 23.3 Å². The molecule has 10 heteroatoms. The summed E-state index contributed by atoms with van der Waals surface area (Å²) >= 11 is 5.92. The minimum absolute atomic E-state index is 0. The Kier molecular flexibility index (Phi) is 13.5. The van der Waals surface area contributed by atoms with Crippen molar-refractivity contribution in [3.05, 3.63) is 70.3 Å². The van der Waals surface area contributed by atoms with Crippen molar-refractivity contribution in [2.75, 3.05) is 26.2 Å². The fourth-order valence-electron chi connectivity index (χ4n) is 6.04. The number of nitriles is 2. The second-order valence-electron chi connectivity index (χ2n) is 11.3. The molecule has 6 rings (SSSR count). The van der Waals surface area contributed by atoms with E-state index >= 15 is 0 Å². The molecule has 232 valence electrons. The highest BCUT2D eigenvalue weighted by molar-refractivity contribution is 6.52. The number of aromatic nitrogens is 2. The van der Waals surface area contributed by atoms with Crippen LogP contribution in [0.2, 0.25) is 0 Å². The molecule has 1 N–H and O–H groups in total. The summed E-state index contributed by atoms with van der Waals surface area (Å²) in [6, 6.07) is 7.60. The number of carbonyl (C=O) groups excluding carboxylic acids is 2. The number of hydrogen-bond donors (Lipinski definition) is 1. The lowest BCUT2D eigenvalue weighted by molar-refractivity contribution is -0.115. The molecular formula is C34H40Cl2N6O2. The Morgan fingerprint density at radius 3 is 1.86 bits per heavy atom. The van der Waals surface area contributed by atoms with Crippen LogP contribution in [0.5, 0.6) is 0 Å². The predicted molar refractivity (Wildman–Crippen MR) is 175 cm³/mol. The van der Waals surface area contributed by atoms with Gasteiger partial charge in [-0.2, -0.15) is 10.5 Å². The first-order valence-corrected chi connectivity index (χ1v) is 15.6. The number of hydrogen-bond acceptors (Lipinski definition) is 8. The van der Waals surface area contributed by atoms with Crippen molar-refractivity contribution < 1.29 is 9.59 Å². The molecule has 2 aliphatic carbocycles. The van der Waals surface area contributed by atoms with Crippen molar-refractivity contribution in [3.63, 3.8) is 0 Å². The van der Waals surface area contributed by atoms with Crippen LogP contribution in [0.4, 0.5) is 0 Å².